The summed E-state index contributed by atoms with van der Waals surface area (Å²) < 4.78 is 42.7. The van der Waals surface area contributed by atoms with Crippen molar-refractivity contribution < 1.29 is 22.3 Å². The van der Waals surface area contributed by atoms with Gasteiger partial charge in [-0.2, -0.15) is 5.10 Å². The number of anilines is 1. The molecule has 1 aliphatic carbocycles. The van der Waals surface area contributed by atoms with E-state index in [-0.39, 0.29) is 22.3 Å². The number of hydrogen-bond acceptors (Lipinski definition) is 6. The van der Waals surface area contributed by atoms with E-state index in [2.05, 4.69) is 15.5 Å². The van der Waals surface area contributed by atoms with E-state index in [1.54, 1.807) is 13.8 Å². The van der Waals surface area contributed by atoms with Crippen molar-refractivity contribution in [1.29, 1.82) is 0 Å². The minimum atomic E-state index is -3.34. The maximum Gasteiger partial charge on any atom is 0.261 e. The first kappa shape index (κ1) is 21.9. The van der Waals surface area contributed by atoms with E-state index in [0.717, 1.165) is 24.8 Å². The van der Waals surface area contributed by atoms with Gasteiger partial charge in [-0.1, -0.05) is 0 Å². The summed E-state index contributed by atoms with van der Waals surface area (Å²) in [6, 6.07) is 9.97. The predicted molar refractivity (Wildman–Crippen MR) is 117 cm³/mol. The zero-order valence-electron chi connectivity index (χ0n) is 17.8. The summed E-state index contributed by atoms with van der Waals surface area (Å²) in [5.41, 5.74) is 2.64. The second-order valence-corrected chi connectivity index (χ2v) is 9.94. The van der Waals surface area contributed by atoms with Gasteiger partial charge < -0.3 is 10.1 Å². The molecule has 0 bridgehead atoms. The highest BCUT2D eigenvalue weighted by Crippen LogP contribution is 2.42. The van der Waals surface area contributed by atoms with E-state index in [9.17, 15) is 17.6 Å². The Kier molecular flexibility index (Phi) is 5.68. The highest BCUT2D eigenvalue weighted by molar-refractivity contribution is 7.90. The van der Waals surface area contributed by atoms with Crippen LogP contribution in [-0.4, -0.2) is 30.8 Å². The van der Waals surface area contributed by atoms with Crippen LogP contribution in [0.1, 0.15) is 45.9 Å². The van der Waals surface area contributed by atoms with E-state index in [1.165, 1.54) is 42.5 Å². The summed E-state index contributed by atoms with van der Waals surface area (Å²) in [5.74, 6) is -0.194. The first-order valence-corrected chi connectivity index (χ1v) is 12.0. The quantitative estimate of drug-likeness (QED) is 0.585. The van der Waals surface area contributed by atoms with Gasteiger partial charge in [0.05, 0.1) is 10.6 Å². The molecule has 1 amide bonds. The van der Waals surface area contributed by atoms with Crippen molar-refractivity contribution in [3.8, 4) is 11.6 Å². The SMILES string of the molecule is Cc1cc(F)ccc1Oc1nnc(C2CC2)c(C)c1C(=O)Nc1ccc(S(C)(=O)=O)cc1. The van der Waals surface area contributed by atoms with E-state index in [4.69, 9.17) is 4.74 Å². The molecule has 0 saturated heterocycles. The van der Waals surface area contributed by atoms with Crippen LogP contribution >= 0.6 is 0 Å². The lowest BCUT2D eigenvalue weighted by Gasteiger charge is -2.15. The van der Waals surface area contributed by atoms with Crippen LogP contribution in [0.25, 0.3) is 0 Å². The largest absolute Gasteiger partial charge is 0.437 e. The molecule has 0 spiro atoms. The normalized spacial score (nSPS) is 13.6. The number of carbonyl (C=O) groups excluding carboxylic acids is 1. The molecule has 1 aromatic heterocycles. The summed E-state index contributed by atoms with van der Waals surface area (Å²) in [4.78, 5) is 13.4. The highest BCUT2D eigenvalue weighted by Gasteiger charge is 2.31. The number of aromatic nitrogens is 2. The van der Waals surface area contributed by atoms with E-state index in [0.29, 0.717) is 22.6 Å². The fourth-order valence-corrected chi connectivity index (χ4v) is 4.04. The van der Waals surface area contributed by atoms with Crippen LogP contribution in [0, 0.1) is 19.7 Å². The van der Waals surface area contributed by atoms with Crippen LogP contribution in [0.15, 0.2) is 47.4 Å². The fourth-order valence-electron chi connectivity index (χ4n) is 3.41. The fraction of sp³-hybridized carbons (Fsp3) is 0.261. The van der Waals surface area contributed by atoms with Gasteiger partial charge in [-0.25, -0.2) is 12.8 Å². The molecule has 32 heavy (non-hydrogen) atoms. The molecule has 0 unspecified atom stereocenters. The molecule has 166 valence electrons. The Labute approximate surface area is 185 Å². The van der Waals surface area contributed by atoms with Crippen LogP contribution in [0.2, 0.25) is 0 Å². The first-order valence-electron chi connectivity index (χ1n) is 10.1. The average molecular weight is 456 g/mol. The Balaban J connectivity index is 1.68. The molecular weight excluding hydrogens is 433 g/mol. The van der Waals surface area contributed by atoms with Gasteiger partial charge in [-0.05, 0) is 80.3 Å². The maximum absolute atomic E-state index is 13.5. The van der Waals surface area contributed by atoms with Crippen LogP contribution in [0.4, 0.5) is 10.1 Å². The maximum atomic E-state index is 13.5. The number of nitrogens with one attached hydrogen (secondary N) is 1. The van der Waals surface area contributed by atoms with Gasteiger partial charge in [0.25, 0.3) is 11.8 Å². The lowest BCUT2D eigenvalue weighted by atomic mass is 10.1. The standard InChI is InChI=1S/C23H22FN3O4S/c1-13-12-16(24)6-11-19(13)31-23-20(14(2)21(26-27-23)15-4-5-15)22(28)25-17-7-9-18(10-8-17)32(3,29)30/h6-12,15H,4-5H2,1-3H3,(H,25,28). The summed E-state index contributed by atoms with van der Waals surface area (Å²) in [5, 5.41) is 11.2. The molecule has 3 aromatic rings. The van der Waals surface area contributed by atoms with Crippen LogP contribution in [-0.2, 0) is 9.84 Å². The molecule has 0 atom stereocenters. The van der Waals surface area contributed by atoms with Gasteiger partial charge >= 0.3 is 0 Å². The van der Waals surface area contributed by atoms with Crippen molar-refractivity contribution in [2.45, 2.75) is 37.5 Å². The Morgan fingerprint density at radius 3 is 2.38 bits per heavy atom. The van der Waals surface area contributed by atoms with Crippen molar-refractivity contribution in [1.82, 2.24) is 10.2 Å². The molecule has 1 fully saturated rings. The lowest BCUT2D eigenvalue weighted by Crippen LogP contribution is -2.17. The Bertz CT molecular complexity index is 1300. The molecule has 4 rings (SSSR count). The molecule has 1 heterocycles. The number of aryl methyl sites for hydroxylation is 1. The number of benzene rings is 2. The predicted octanol–water partition coefficient (Wildman–Crippen LogP) is 4.56. The van der Waals surface area contributed by atoms with Crippen LogP contribution in [0.3, 0.4) is 0 Å². The average Bonchev–Trinajstić information content (AvgIpc) is 3.55. The van der Waals surface area contributed by atoms with Crippen molar-refractivity contribution in [3.63, 3.8) is 0 Å². The smallest absolute Gasteiger partial charge is 0.261 e. The van der Waals surface area contributed by atoms with E-state index in [1.807, 2.05) is 0 Å². The van der Waals surface area contributed by atoms with Crippen LogP contribution < -0.4 is 10.1 Å². The highest BCUT2D eigenvalue weighted by atomic mass is 32.2. The summed E-state index contributed by atoms with van der Waals surface area (Å²) in [6.07, 6.45) is 3.09. The number of rotatable bonds is 6. The van der Waals surface area contributed by atoms with Gasteiger partial charge in [-0.15, -0.1) is 5.10 Å². The number of nitrogens with zero attached hydrogens (tertiary/aromatic N) is 2. The lowest BCUT2D eigenvalue weighted by molar-refractivity contribution is 0.102. The van der Waals surface area contributed by atoms with E-state index >= 15 is 0 Å². The number of amides is 1. The third kappa shape index (κ3) is 4.62. The minimum absolute atomic E-state index is 0.0202. The third-order valence-corrected chi connectivity index (χ3v) is 6.43. The second kappa shape index (κ2) is 8.31. The Hall–Kier alpha value is -3.33. The van der Waals surface area contributed by atoms with Crippen LogP contribution in [0.5, 0.6) is 11.6 Å². The van der Waals surface area contributed by atoms with Gasteiger partial charge in [0.15, 0.2) is 9.84 Å². The van der Waals surface area contributed by atoms with Crippen molar-refractivity contribution in [3.05, 3.63) is 70.7 Å². The topological polar surface area (TPSA) is 98.2 Å². The molecule has 9 heteroatoms. The first-order chi connectivity index (χ1) is 15.1. The van der Waals surface area contributed by atoms with Crippen molar-refractivity contribution in [2.24, 2.45) is 0 Å². The summed E-state index contributed by atoms with van der Waals surface area (Å²) in [7, 11) is -3.34. The van der Waals surface area contributed by atoms with Crippen molar-refractivity contribution in [2.75, 3.05) is 11.6 Å². The molecular formula is C23H22FN3O4S. The Morgan fingerprint density at radius 2 is 1.78 bits per heavy atom. The van der Waals surface area contributed by atoms with Gasteiger partial charge in [0.2, 0.25) is 0 Å². The van der Waals surface area contributed by atoms with Crippen molar-refractivity contribution >= 4 is 21.4 Å². The molecule has 0 aliphatic heterocycles. The number of ether oxygens (including phenoxy) is 1. The van der Waals surface area contributed by atoms with Gasteiger partial charge in [0, 0.05) is 17.9 Å². The van der Waals surface area contributed by atoms with Gasteiger partial charge in [-0.3, -0.25) is 4.79 Å². The summed E-state index contributed by atoms with van der Waals surface area (Å²) in [6.45, 7) is 3.49. The third-order valence-electron chi connectivity index (χ3n) is 5.30. The number of halogens is 1. The number of sulfone groups is 1. The molecule has 1 N–H and O–H groups in total. The number of hydrogen-bond donors (Lipinski definition) is 1. The monoisotopic (exact) mass is 455 g/mol. The zero-order valence-corrected chi connectivity index (χ0v) is 18.7. The molecule has 2 aromatic carbocycles. The molecule has 1 aliphatic rings. The molecule has 0 radical (unpaired) electrons. The molecule has 7 nitrogen and oxygen atoms in total. The van der Waals surface area contributed by atoms with E-state index < -0.39 is 21.6 Å². The number of carbonyl (C=O) groups is 1. The Morgan fingerprint density at radius 1 is 1.09 bits per heavy atom. The minimum Gasteiger partial charge on any atom is -0.437 e. The van der Waals surface area contributed by atoms with Gasteiger partial charge in [0.1, 0.15) is 17.1 Å². The second-order valence-electron chi connectivity index (χ2n) is 7.93. The zero-order chi connectivity index (χ0) is 23.0. The molecule has 1 saturated carbocycles. The summed E-state index contributed by atoms with van der Waals surface area (Å²) >= 11 is 0.